The standard InChI is InChI=1S/C26H20ClNO4/c1-16-23(26(30)32-15-22(29)18-10-6-11-19(14-18)31-2)20-12-7-13-21(27)25(20)28-24(16)17-8-4-3-5-9-17/h3-14H,15H2,1-2H3. The summed E-state index contributed by atoms with van der Waals surface area (Å²) in [4.78, 5) is 30.5. The summed E-state index contributed by atoms with van der Waals surface area (Å²) in [6.45, 7) is 1.42. The molecule has 0 bridgehead atoms. The summed E-state index contributed by atoms with van der Waals surface area (Å²) in [6.07, 6.45) is 0. The highest BCUT2D eigenvalue weighted by Gasteiger charge is 2.22. The third-order valence-electron chi connectivity index (χ3n) is 5.19. The minimum atomic E-state index is -0.606. The summed E-state index contributed by atoms with van der Waals surface area (Å²) < 4.78 is 10.6. The first-order chi connectivity index (χ1) is 15.5. The number of aromatic nitrogens is 1. The Morgan fingerprint density at radius 1 is 0.969 bits per heavy atom. The number of rotatable bonds is 6. The van der Waals surface area contributed by atoms with Gasteiger partial charge >= 0.3 is 5.97 Å². The highest BCUT2D eigenvalue weighted by Crippen LogP contribution is 2.33. The van der Waals surface area contributed by atoms with E-state index in [0.717, 1.165) is 5.56 Å². The molecule has 32 heavy (non-hydrogen) atoms. The van der Waals surface area contributed by atoms with E-state index in [4.69, 9.17) is 26.1 Å². The normalized spacial score (nSPS) is 10.7. The van der Waals surface area contributed by atoms with Crippen molar-refractivity contribution in [2.75, 3.05) is 13.7 Å². The van der Waals surface area contributed by atoms with Crippen LogP contribution in [-0.2, 0) is 4.74 Å². The number of ether oxygens (including phenoxy) is 2. The molecule has 3 aromatic carbocycles. The van der Waals surface area contributed by atoms with E-state index in [1.54, 1.807) is 42.5 Å². The maximum absolute atomic E-state index is 13.2. The fourth-order valence-electron chi connectivity index (χ4n) is 3.57. The van der Waals surface area contributed by atoms with Crippen LogP contribution in [0.2, 0.25) is 5.02 Å². The molecule has 0 saturated heterocycles. The first-order valence-corrected chi connectivity index (χ1v) is 10.4. The number of fused-ring (bicyclic) bond motifs is 1. The number of methoxy groups -OCH3 is 1. The second-order valence-electron chi connectivity index (χ2n) is 7.19. The Labute approximate surface area is 190 Å². The van der Waals surface area contributed by atoms with Gasteiger partial charge in [0, 0.05) is 16.5 Å². The molecule has 0 atom stereocenters. The van der Waals surface area contributed by atoms with E-state index < -0.39 is 12.6 Å². The summed E-state index contributed by atoms with van der Waals surface area (Å²) in [5.74, 6) is -0.375. The highest BCUT2D eigenvalue weighted by molar-refractivity contribution is 6.35. The maximum Gasteiger partial charge on any atom is 0.339 e. The number of esters is 1. The van der Waals surface area contributed by atoms with Gasteiger partial charge in [0.25, 0.3) is 0 Å². The van der Waals surface area contributed by atoms with Gasteiger partial charge in [-0.25, -0.2) is 9.78 Å². The number of nitrogens with zero attached hydrogens (tertiary/aromatic N) is 1. The quantitative estimate of drug-likeness (QED) is 0.272. The van der Waals surface area contributed by atoms with Gasteiger partial charge in [0.05, 0.1) is 28.9 Å². The molecule has 1 aromatic heterocycles. The number of ketones is 1. The molecule has 0 amide bonds. The molecule has 4 aromatic rings. The third kappa shape index (κ3) is 4.20. The van der Waals surface area contributed by atoms with Crippen LogP contribution in [-0.4, -0.2) is 30.5 Å². The van der Waals surface area contributed by atoms with E-state index in [1.165, 1.54) is 7.11 Å². The molecule has 6 heteroatoms. The lowest BCUT2D eigenvalue weighted by Crippen LogP contribution is -2.16. The van der Waals surface area contributed by atoms with Crippen LogP contribution in [0.25, 0.3) is 22.2 Å². The lowest BCUT2D eigenvalue weighted by Gasteiger charge is -2.15. The Kier molecular flexibility index (Phi) is 6.19. The minimum absolute atomic E-state index is 0.324. The number of hydrogen-bond donors (Lipinski definition) is 0. The van der Waals surface area contributed by atoms with Gasteiger partial charge in [0.15, 0.2) is 12.4 Å². The van der Waals surface area contributed by atoms with E-state index in [9.17, 15) is 9.59 Å². The van der Waals surface area contributed by atoms with Crippen molar-refractivity contribution < 1.29 is 19.1 Å². The number of benzene rings is 3. The number of carbonyl (C=O) groups is 2. The summed E-state index contributed by atoms with van der Waals surface area (Å²) in [5.41, 5.74) is 3.40. The van der Waals surface area contributed by atoms with Crippen LogP contribution in [0.4, 0.5) is 0 Å². The number of hydrogen-bond acceptors (Lipinski definition) is 5. The van der Waals surface area contributed by atoms with Crippen LogP contribution in [0.15, 0.2) is 72.8 Å². The van der Waals surface area contributed by atoms with Crippen LogP contribution >= 0.6 is 11.6 Å². The van der Waals surface area contributed by atoms with Gasteiger partial charge in [-0.3, -0.25) is 4.79 Å². The van der Waals surface area contributed by atoms with Gasteiger partial charge in [-0.2, -0.15) is 0 Å². The van der Waals surface area contributed by atoms with Crippen LogP contribution < -0.4 is 4.74 Å². The second-order valence-corrected chi connectivity index (χ2v) is 7.60. The molecule has 0 aliphatic rings. The first kappa shape index (κ1) is 21.5. The summed E-state index contributed by atoms with van der Waals surface area (Å²) >= 11 is 6.40. The molecule has 0 radical (unpaired) electrons. The molecule has 0 spiro atoms. The predicted molar refractivity (Wildman–Crippen MR) is 125 cm³/mol. The van der Waals surface area contributed by atoms with Crippen molar-refractivity contribution in [1.82, 2.24) is 4.98 Å². The maximum atomic E-state index is 13.2. The van der Waals surface area contributed by atoms with Gasteiger partial charge < -0.3 is 9.47 Å². The average Bonchev–Trinajstić information content (AvgIpc) is 2.82. The van der Waals surface area contributed by atoms with E-state index in [2.05, 4.69) is 0 Å². The molecule has 4 rings (SSSR count). The monoisotopic (exact) mass is 445 g/mol. The Morgan fingerprint density at radius 3 is 2.47 bits per heavy atom. The Balaban J connectivity index is 1.71. The third-order valence-corrected chi connectivity index (χ3v) is 5.49. The fraction of sp³-hybridized carbons (Fsp3) is 0.115. The molecule has 160 valence electrons. The van der Waals surface area contributed by atoms with Gasteiger partial charge in [-0.1, -0.05) is 66.2 Å². The largest absolute Gasteiger partial charge is 0.497 e. The van der Waals surface area contributed by atoms with Crippen molar-refractivity contribution in [3.63, 3.8) is 0 Å². The van der Waals surface area contributed by atoms with Gasteiger partial charge in [0.2, 0.25) is 0 Å². The zero-order valence-electron chi connectivity index (χ0n) is 17.6. The smallest absolute Gasteiger partial charge is 0.339 e. The van der Waals surface area contributed by atoms with E-state index >= 15 is 0 Å². The zero-order chi connectivity index (χ0) is 22.7. The van der Waals surface area contributed by atoms with Crippen molar-refractivity contribution in [3.05, 3.63) is 94.5 Å². The minimum Gasteiger partial charge on any atom is -0.497 e. The zero-order valence-corrected chi connectivity index (χ0v) is 18.3. The van der Waals surface area contributed by atoms with Crippen LogP contribution in [0.3, 0.4) is 0 Å². The number of para-hydroxylation sites is 1. The molecule has 1 heterocycles. The second kappa shape index (κ2) is 9.20. The molecule has 0 aliphatic heterocycles. The van der Waals surface area contributed by atoms with Gasteiger partial charge in [-0.15, -0.1) is 0 Å². The molecule has 5 nitrogen and oxygen atoms in total. The topological polar surface area (TPSA) is 65.5 Å². The van der Waals surface area contributed by atoms with E-state index in [1.807, 2.05) is 37.3 Å². The highest BCUT2D eigenvalue weighted by atomic mass is 35.5. The average molecular weight is 446 g/mol. The molecule has 0 saturated carbocycles. The first-order valence-electron chi connectivity index (χ1n) is 9.98. The molecular formula is C26H20ClNO4. The molecule has 0 unspecified atom stereocenters. The Morgan fingerprint density at radius 2 is 1.72 bits per heavy atom. The van der Waals surface area contributed by atoms with Crippen molar-refractivity contribution in [2.45, 2.75) is 6.92 Å². The van der Waals surface area contributed by atoms with Gasteiger partial charge in [-0.05, 0) is 30.7 Å². The van der Waals surface area contributed by atoms with Crippen LogP contribution in [0.1, 0.15) is 26.3 Å². The summed E-state index contributed by atoms with van der Waals surface area (Å²) in [7, 11) is 1.52. The Bertz CT molecular complexity index is 1320. The van der Waals surface area contributed by atoms with Crippen LogP contribution in [0, 0.1) is 6.92 Å². The predicted octanol–water partition coefficient (Wildman–Crippen LogP) is 5.91. The molecule has 0 fully saturated rings. The summed E-state index contributed by atoms with van der Waals surface area (Å²) in [5, 5.41) is 1.01. The fourth-order valence-corrected chi connectivity index (χ4v) is 3.79. The van der Waals surface area contributed by atoms with Crippen molar-refractivity contribution in [3.8, 4) is 17.0 Å². The van der Waals surface area contributed by atoms with Crippen molar-refractivity contribution in [1.29, 1.82) is 0 Å². The molecular weight excluding hydrogens is 426 g/mol. The lowest BCUT2D eigenvalue weighted by molar-refractivity contribution is 0.0476. The number of carbonyl (C=O) groups excluding carboxylic acids is 2. The lowest BCUT2D eigenvalue weighted by atomic mass is 9.98. The SMILES string of the molecule is COc1cccc(C(=O)COC(=O)c2c(C)c(-c3ccccc3)nc3c(Cl)cccc23)c1. The van der Waals surface area contributed by atoms with E-state index in [0.29, 0.717) is 44.1 Å². The van der Waals surface area contributed by atoms with Crippen molar-refractivity contribution >= 4 is 34.3 Å². The van der Waals surface area contributed by atoms with Crippen LogP contribution in [0.5, 0.6) is 5.75 Å². The van der Waals surface area contributed by atoms with E-state index in [-0.39, 0.29) is 5.78 Å². The molecule has 0 aliphatic carbocycles. The number of pyridine rings is 1. The van der Waals surface area contributed by atoms with Crippen molar-refractivity contribution in [2.24, 2.45) is 0 Å². The Hall–Kier alpha value is -3.70. The molecule has 0 N–H and O–H groups in total. The number of halogens is 1. The number of Topliss-reactive ketones (excluding diaryl/α,β-unsaturated/α-hetero) is 1. The summed E-state index contributed by atoms with van der Waals surface area (Å²) in [6, 6.07) is 21.5. The van der Waals surface area contributed by atoms with Gasteiger partial charge in [0.1, 0.15) is 5.75 Å².